The second-order valence-electron chi connectivity index (χ2n) is 7.70. The molecule has 0 spiro atoms. The average molecular weight is 399 g/mol. The number of tetrazole rings is 1. The summed E-state index contributed by atoms with van der Waals surface area (Å²) >= 11 is 0. The van der Waals surface area contributed by atoms with E-state index in [0.29, 0.717) is 24.6 Å². The molecule has 3 N–H and O–H groups in total. The standard InChI is InChI=1S/C20H29N7O2/c1-2-3-4-16(20(28)29)17(19-23-25-26-24-19)11-14-5-6-18(22-12-14)15-7-9-27(13-21)10-8-15/h5-6,12-13,15-17,21H,2-4,7-11H2,1H3,(H,28,29)(H,23,24,25,26)/t16-,17-/m0/s1. The number of carbonyl (C=O) groups is 1. The van der Waals surface area contributed by atoms with Crippen molar-refractivity contribution in [2.45, 2.75) is 57.3 Å². The zero-order valence-electron chi connectivity index (χ0n) is 16.8. The van der Waals surface area contributed by atoms with E-state index in [1.165, 1.54) is 6.34 Å². The van der Waals surface area contributed by atoms with Crippen LogP contribution < -0.4 is 0 Å². The molecule has 0 amide bonds. The van der Waals surface area contributed by atoms with Gasteiger partial charge in [-0.15, -0.1) is 10.2 Å². The van der Waals surface area contributed by atoms with Crippen molar-refractivity contribution in [1.29, 1.82) is 5.41 Å². The number of piperidine rings is 1. The molecule has 0 saturated carbocycles. The molecule has 0 bridgehead atoms. The predicted molar refractivity (Wildman–Crippen MR) is 108 cm³/mol. The molecule has 156 valence electrons. The van der Waals surface area contributed by atoms with Crippen molar-refractivity contribution in [2.24, 2.45) is 5.92 Å². The van der Waals surface area contributed by atoms with E-state index in [1.54, 1.807) is 0 Å². The minimum atomic E-state index is -0.823. The van der Waals surface area contributed by atoms with Crippen LogP contribution in [0.1, 0.15) is 67.9 Å². The quantitative estimate of drug-likeness (QED) is 0.413. The van der Waals surface area contributed by atoms with Crippen molar-refractivity contribution in [3.63, 3.8) is 0 Å². The van der Waals surface area contributed by atoms with Crippen molar-refractivity contribution < 1.29 is 9.90 Å². The van der Waals surface area contributed by atoms with E-state index < -0.39 is 11.9 Å². The van der Waals surface area contributed by atoms with Gasteiger partial charge in [0.05, 0.1) is 12.3 Å². The molecule has 3 heterocycles. The number of rotatable bonds is 10. The summed E-state index contributed by atoms with van der Waals surface area (Å²) in [5.41, 5.74) is 2.04. The third-order valence-electron chi connectivity index (χ3n) is 5.80. The molecular formula is C20H29N7O2. The van der Waals surface area contributed by atoms with Crippen LogP contribution in [0.25, 0.3) is 0 Å². The van der Waals surface area contributed by atoms with Gasteiger partial charge in [0.15, 0.2) is 5.82 Å². The Morgan fingerprint density at radius 3 is 2.76 bits per heavy atom. The third kappa shape index (κ3) is 5.36. The number of unbranched alkanes of at least 4 members (excludes halogenated alkanes) is 1. The normalized spacial score (nSPS) is 17.1. The first-order valence-electron chi connectivity index (χ1n) is 10.3. The van der Waals surface area contributed by atoms with Crippen molar-refractivity contribution in [1.82, 2.24) is 30.5 Å². The van der Waals surface area contributed by atoms with Crippen LogP contribution in [0, 0.1) is 11.3 Å². The lowest BCUT2D eigenvalue weighted by molar-refractivity contribution is -0.143. The first-order valence-corrected chi connectivity index (χ1v) is 10.3. The Balaban J connectivity index is 1.72. The number of H-pyrrole nitrogens is 1. The van der Waals surface area contributed by atoms with Crippen LogP contribution in [-0.2, 0) is 11.2 Å². The van der Waals surface area contributed by atoms with Gasteiger partial charge in [-0.1, -0.05) is 31.0 Å². The number of pyridine rings is 1. The minimum Gasteiger partial charge on any atom is -0.481 e. The van der Waals surface area contributed by atoms with Gasteiger partial charge in [-0.2, -0.15) is 5.21 Å². The molecule has 2 aromatic rings. The highest BCUT2D eigenvalue weighted by Crippen LogP contribution is 2.31. The Kier molecular flexibility index (Phi) is 7.26. The number of nitrogens with one attached hydrogen (secondary N) is 2. The van der Waals surface area contributed by atoms with Crippen molar-refractivity contribution in [3.8, 4) is 0 Å². The minimum absolute atomic E-state index is 0.346. The highest BCUT2D eigenvalue weighted by Gasteiger charge is 2.32. The van der Waals surface area contributed by atoms with E-state index in [9.17, 15) is 9.90 Å². The Morgan fingerprint density at radius 1 is 1.41 bits per heavy atom. The SMILES string of the molecule is CCCC[C@H](C(=O)O)[C@H](Cc1ccc(C2CCN(C=N)CC2)nc1)c1nn[nH]n1. The van der Waals surface area contributed by atoms with Crippen molar-refractivity contribution >= 4 is 12.3 Å². The van der Waals surface area contributed by atoms with Gasteiger partial charge >= 0.3 is 5.97 Å². The van der Waals surface area contributed by atoms with Crippen LogP contribution in [0.3, 0.4) is 0 Å². The molecule has 1 aliphatic rings. The van der Waals surface area contributed by atoms with Gasteiger partial charge in [-0.25, -0.2) is 0 Å². The van der Waals surface area contributed by atoms with Gasteiger partial charge in [0.25, 0.3) is 0 Å². The maximum atomic E-state index is 11.9. The highest BCUT2D eigenvalue weighted by molar-refractivity contribution is 5.71. The Labute approximate surface area is 170 Å². The maximum absolute atomic E-state index is 11.9. The Morgan fingerprint density at radius 2 is 2.21 bits per heavy atom. The largest absolute Gasteiger partial charge is 0.481 e. The molecule has 2 aromatic heterocycles. The third-order valence-corrected chi connectivity index (χ3v) is 5.80. The molecule has 3 rings (SSSR count). The number of carboxylic acids is 1. The molecule has 1 fully saturated rings. The van der Waals surface area contributed by atoms with E-state index in [-0.39, 0.29) is 5.92 Å². The monoisotopic (exact) mass is 399 g/mol. The van der Waals surface area contributed by atoms with Gasteiger partial charge in [0.2, 0.25) is 0 Å². The Hall–Kier alpha value is -2.84. The lowest BCUT2D eigenvalue weighted by Crippen LogP contribution is -2.31. The van der Waals surface area contributed by atoms with E-state index in [4.69, 9.17) is 5.41 Å². The molecule has 1 aliphatic heterocycles. The summed E-state index contributed by atoms with van der Waals surface area (Å²) < 4.78 is 0. The van der Waals surface area contributed by atoms with Crippen LogP contribution in [-0.4, -0.2) is 61.0 Å². The number of nitrogens with zero attached hydrogens (tertiary/aromatic N) is 5. The fraction of sp³-hybridized carbons (Fsp3) is 0.600. The summed E-state index contributed by atoms with van der Waals surface area (Å²) in [4.78, 5) is 18.6. The summed E-state index contributed by atoms with van der Waals surface area (Å²) in [6.45, 7) is 3.82. The summed E-state index contributed by atoms with van der Waals surface area (Å²) in [5.74, 6) is -0.879. The molecule has 2 atom stereocenters. The van der Waals surface area contributed by atoms with E-state index >= 15 is 0 Å². The number of aromatic amines is 1. The predicted octanol–water partition coefficient (Wildman–Crippen LogP) is 2.60. The van der Waals surface area contributed by atoms with E-state index in [2.05, 4.69) is 38.6 Å². The zero-order chi connectivity index (χ0) is 20.6. The number of aromatic nitrogens is 5. The maximum Gasteiger partial charge on any atom is 0.307 e. The molecule has 9 nitrogen and oxygen atoms in total. The van der Waals surface area contributed by atoms with E-state index in [0.717, 1.165) is 50.0 Å². The van der Waals surface area contributed by atoms with Crippen LogP contribution in [0.2, 0.25) is 0 Å². The van der Waals surface area contributed by atoms with Gasteiger partial charge in [0, 0.05) is 36.8 Å². The first kappa shape index (κ1) is 20.9. The molecule has 0 aromatic carbocycles. The molecule has 1 saturated heterocycles. The zero-order valence-corrected chi connectivity index (χ0v) is 16.8. The van der Waals surface area contributed by atoms with Crippen LogP contribution in [0.5, 0.6) is 0 Å². The van der Waals surface area contributed by atoms with Crippen molar-refractivity contribution in [2.75, 3.05) is 13.1 Å². The molecule has 29 heavy (non-hydrogen) atoms. The highest BCUT2D eigenvalue weighted by atomic mass is 16.4. The van der Waals surface area contributed by atoms with Gasteiger partial charge in [0.1, 0.15) is 0 Å². The van der Waals surface area contributed by atoms with Crippen LogP contribution in [0.4, 0.5) is 0 Å². The fourth-order valence-electron chi connectivity index (χ4n) is 4.04. The summed E-state index contributed by atoms with van der Waals surface area (Å²) in [7, 11) is 0. The number of hydrogen-bond acceptors (Lipinski definition) is 6. The van der Waals surface area contributed by atoms with Crippen LogP contribution >= 0.6 is 0 Å². The number of carboxylic acid groups (broad SMARTS) is 1. The van der Waals surface area contributed by atoms with Gasteiger partial charge in [-0.3, -0.25) is 15.2 Å². The molecule has 9 heteroatoms. The fourth-order valence-corrected chi connectivity index (χ4v) is 4.04. The number of likely N-dealkylation sites (tertiary alicyclic amines) is 1. The van der Waals surface area contributed by atoms with E-state index in [1.807, 2.05) is 17.2 Å². The lowest BCUT2D eigenvalue weighted by atomic mass is 9.83. The van der Waals surface area contributed by atoms with Crippen LogP contribution in [0.15, 0.2) is 18.3 Å². The average Bonchev–Trinajstić information content (AvgIpc) is 3.28. The summed E-state index contributed by atoms with van der Waals surface area (Å²) in [5, 5.41) is 31.4. The van der Waals surface area contributed by atoms with Crippen molar-refractivity contribution in [3.05, 3.63) is 35.4 Å². The second kappa shape index (κ2) is 10.1. The van der Waals surface area contributed by atoms with Gasteiger partial charge < -0.3 is 10.0 Å². The summed E-state index contributed by atoms with van der Waals surface area (Å²) in [6, 6.07) is 4.09. The summed E-state index contributed by atoms with van der Waals surface area (Å²) in [6.07, 6.45) is 8.12. The topological polar surface area (TPSA) is 132 Å². The number of hydrogen-bond donors (Lipinski definition) is 3. The second-order valence-corrected chi connectivity index (χ2v) is 7.70. The first-order chi connectivity index (χ1) is 14.1. The molecular weight excluding hydrogens is 370 g/mol. The molecule has 0 aliphatic carbocycles. The molecule has 0 radical (unpaired) electrons. The Bertz CT molecular complexity index is 771. The smallest absolute Gasteiger partial charge is 0.307 e. The van der Waals surface area contributed by atoms with Gasteiger partial charge in [-0.05, 0) is 37.3 Å². The number of aliphatic carboxylic acids is 1. The lowest BCUT2D eigenvalue weighted by Gasteiger charge is -2.29. The molecule has 0 unspecified atom stereocenters.